The SMILES string of the molecule is C[C@H](C(=O)N(C)c1ccccc1)[NH+]1CCN(C(=O)c2ccco2)CC1. The molecule has 1 aliphatic rings. The Hall–Kier alpha value is -2.60. The lowest BCUT2D eigenvalue weighted by Crippen LogP contribution is -3.19. The lowest BCUT2D eigenvalue weighted by atomic mass is 10.2. The Morgan fingerprint density at radius 2 is 1.80 bits per heavy atom. The van der Waals surface area contributed by atoms with Crippen molar-refractivity contribution in [1.82, 2.24) is 4.90 Å². The van der Waals surface area contributed by atoms with E-state index in [1.54, 1.807) is 21.9 Å². The highest BCUT2D eigenvalue weighted by atomic mass is 16.3. The molecule has 1 aliphatic heterocycles. The number of furan rings is 1. The minimum absolute atomic E-state index is 0.0792. The maximum atomic E-state index is 12.8. The first-order chi connectivity index (χ1) is 12.1. The summed E-state index contributed by atoms with van der Waals surface area (Å²) in [6, 6.07) is 12.9. The smallest absolute Gasteiger partial charge is 0.289 e. The summed E-state index contributed by atoms with van der Waals surface area (Å²) in [5.74, 6) is 0.382. The molecule has 0 radical (unpaired) electrons. The molecule has 1 atom stereocenters. The number of quaternary nitrogens is 1. The van der Waals surface area contributed by atoms with Gasteiger partial charge in [0.2, 0.25) is 0 Å². The number of hydrogen-bond acceptors (Lipinski definition) is 3. The van der Waals surface area contributed by atoms with Gasteiger partial charge in [0.15, 0.2) is 11.8 Å². The van der Waals surface area contributed by atoms with Gasteiger partial charge in [0.05, 0.1) is 32.4 Å². The maximum Gasteiger partial charge on any atom is 0.289 e. The van der Waals surface area contributed by atoms with Crippen molar-refractivity contribution in [2.45, 2.75) is 13.0 Å². The highest BCUT2D eigenvalue weighted by Crippen LogP contribution is 2.12. The van der Waals surface area contributed by atoms with Crippen molar-refractivity contribution in [3.05, 3.63) is 54.5 Å². The fourth-order valence-electron chi connectivity index (χ4n) is 3.23. The molecule has 0 spiro atoms. The zero-order chi connectivity index (χ0) is 17.8. The number of nitrogens with one attached hydrogen (secondary N) is 1. The molecule has 1 aromatic heterocycles. The summed E-state index contributed by atoms with van der Waals surface area (Å²) in [6.07, 6.45) is 1.51. The number of piperazine rings is 1. The second-order valence-corrected chi connectivity index (χ2v) is 6.38. The van der Waals surface area contributed by atoms with Crippen LogP contribution in [0.1, 0.15) is 17.5 Å². The summed E-state index contributed by atoms with van der Waals surface area (Å²) < 4.78 is 5.18. The number of carbonyl (C=O) groups is 2. The Bertz CT molecular complexity index is 707. The van der Waals surface area contributed by atoms with E-state index in [-0.39, 0.29) is 17.9 Å². The summed E-state index contributed by atoms with van der Waals surface area (Å²) in [4.78, 5) is 29.8. The fourth-order valence-corrected chi connectivity index (χ4v) is 3.23. The van der Waals surface area contributed by atoms with E-state index >= 15 is 0 Å². The van der Waals surface area contributed by atoms with E-state index in [0.717, 1.165) is 18.8 Å². The highest BCUT2D eigenvalue weighted by Gasteiger charge is 2.33. The van der Waals surface area contributed by atoms with Gasteiger partial charge in [-0.2, -0.15) is 0 Å². The van der Waals surface area contributed by atoms with Gasteiger partial charge in [0.1, 0.15) is 0 Å². The topological polar surface area (TPSA) is 58.2 Å². The van der Waals surface area contributed by atoms with Crippen LogP contribution < -0.4 is 9.80 Å². The molecule has 2 amide bonds. The van der Waals surface area contributed by atoms with Gasteiger partial charge in [0.25, 0.3) is 11.8 Å². The average molecular weight is 342 g/mol. The number of carbonyl (C=O) groups excluding carboxylic acids is 2. The zero-order valence-corrected chi connectivity index (χ0v) is 14.6. The maximum absolute atomic E-state index is 12.8. The molecule has 0 bridgehead atoms. The van der Waals surface area contributed by atoms with Gasteiger partial charge in [-0.05, 0) is 31.2 Å². The molecule has 1 N–H and O–H groups in total. The first-order valence-corrected chi connectivity index (χ1v) is 8.58. The zero-order valence-electron chi connectivity index (χ0n) is 14.6. The summed E-state index contributed by atoms with van der Waals surface area (Å²) >= 11 is 0. The number of nitrogens with zero attached hydrogens (tertiary/aromatic N) is 2. The number of benzene rings is 1. The summed E-state index contributed by atoms with van der Waals surface area (Å²) in [6.45, 7) is 4.72. The van der Waals surface area contributed by atoms with Gasteiger partial charge in [-0.25, -0.2) is 0 Å². The van der Waals surface area contributed by atoms with Gasteiger partial charge in [-0.3, -0.25) is 9.59 Å². The standard InChI is InChI=1S/C19H23N3O3/c1-15(18(23)20(2)16-7-4-3-5-8-16)21-10-12-22(13-11-21)19(24)17-9-6-14-25-17/h3-9,14-15H,10-13H2,1-2H3/p+1/t15-/m1/s1. The van der Waals surface area contributed by atoms with Crippen molar-refractivity contribution in [3.63, 3.8) is 0 Å². The molecule has 3 rings (SSSR count). The Morgan fingerprint density at radius 3 is 2.40 bits per heavy atom. The van der Waals surface area contributed by atoms with Crippen molar-refractivity contribution in [2.75, 3.05) is 38.1 Å². The van der Waals surface area contributed by atoms with E-state index in [4.69, 9.17) is 4.42 Å². The predicted octanol–water partition coefficient (Wildman–Crippen LogP) is 0.672. The second-order valence-electron chi connectivity index (χ2n) is 6.38. The molecule has 2 aromatic rings. The van der Waals surface area contributed by atoms with Crippen LogP contribution in [0.3, 0.4) is 0 Å². The number of hydrogen-bond donors (Lipinski definition) is 1. The normalized spacial score (nSPS) is 16.5. The van der Waals surface area contributed by atoms with E-state index in [0.29, 0.717) is 18.8 Å². The minimum Gasteiger partial charge on any atom is -0.459 e. The number of rotatable bonds is 4. The van der Waals surface area contributed by atoms with Crippen LogP contribution in [0.5, 0.6) is 0 Å². The van der Waals surface area contributed by atoms with Gasteiger partial charge in [-0.15, -0.1) is 0 Å². The third-order valence-corrected chi connectivity index (χ3v) is 4.88. The van der Waals surface area contributed by atoms with Crippen molar-refractivity contribution in [2.24, 2.45) is 0 Å². The third-order valence-electron chi connectivity index (χ3n) is 4.88. The van der Waals surface area contributed by atoms with Crippen LogP contribution in [0.25, 0.3) is 0 Å². The molecule has 2 heterocycles. The van der Waals surface area contributed by atoms with Crippen LogP contribution in [0.2, 0.25) is 0 Å². The highest BCUT2D eigenvalue weighted by molar-refractivity contribution is 5.95. The van der Waals surface area contributed by atoms with Crippen molar-refractivity contribution in [3.8, 4) is 0 Å². The van der Waals surface area contributed by atoms with Crippen LogP contribution in [-0.4, -0.2) is 56.0 Å². The largest absolute Gasteiger partial charge is 0.459 e. The van der Waals surface area contributed by atoms with Gasteiger partial charge in [-0.1, -0.05) is 18.2 Å². The fraction of sp³-hybridized carbons (Fsp3) is 0.368. The van der Waals surface area contributed by atoms with Crippen molar-refractivity contribution < 1.29 is 18.9 Å². The molecule has 1 aromatic carbocycles. The monoisotopic (exact) mass is 342 g/mol. The Kier molecular flexibility index (Phi) is 5.19. The summed E-state index contributed by atoms with van der Waals surface area (Å²) in [5.41, 5.74) is 0.894. The number of likely N-dealkylation sites (N-methyl/N-ethyl adjacent to an activating group) is 1. The van der Waals surface area contributed by atoms with E-state index < -0.39 is 0 Å². The molecule has 1 saturated heterocycles. The number of amides is 2. The third kappa shape index (κ3) is 3.74. The quantitative estimate of drug-likeness (QED) is 0.889. The second kappa shape index (κ2) is 7.53. The van der Waals surface area contributed by atoms with Crippen LogP contribution in [-0.2, 0) is 4.79 Å². The molecule has 6 heteroatoms. The average Bonchev–Trinajstić information content (AvgIpc) is 3.21. The molecule has 25 heavy (non-hydrogen) atoms. The van der Waals surface area contributed by atoms with E-state index in [2.05, 4.69) is 0 Å². The lowest BCUT2D eigenvalue weighted by Gasteiger charge is -2.35. The molecule has 0 aliphatic carbocycles. The Labute approximate surface area is 147 Å². The molecule has 0 saturated carbocycles. The van der Waals surface area contributed by atoms with Crippen molar-refractivity contribution >= 4 is 17.5 Å². The molecular weight excluding hydrogens is 318 g/mol. The predicted molar refractivity (Wildman–Crippen MR) is 94.6 cm³/mol. The molecule has 1 fully saturated rings. The summed E-state index contributed by atoms with van der Waals surface area (Å²) in [5, 5.41) is 0. The van der Waals surface area contributed by atoms with Gasteiger partial charge in [0, 0.05) is 12.7 Å². The van der Waals surface area contributed by atoms with Gasteiger partial charge < -0.3 is 19.1 Å². The van der Waals surface area contributed by atoms with Crippen molar-refractivity contribution in [1.29, 1.82) is 0 Å². The Balaban J connectivity index is 1.57. The first kappa shape index (κ1) is 17.2. The Morgan fingerprint density at radius 1 is 1.12 bits per heavy atom. The van der Waals surface area contributed by atoms with E-state index in [9.17, 15) is 9.59 Å². The van der Waals surface area contributed by atoms with Crippen LogP contribution in [0.4, 0.5) is 5.69 Å². The van der Waals surface area contributed by atoms with Crippen LogP contribution in [0, 0.1) is 0 Å². The summed E-state index contributed by atoms with van der Waals surface area (Å²) in [7, 11) is 1.81. The number of anilines is 1. The van der Waals surface area contributed by atoms with E-state index in [1.165, 1.54) is 11.2 Å². The van der Waals surface area contributed by atoms with Crippen LogP contribution in [0.15, 0.2) is 53.1 Å². The molecule has 132 valence electrons. The van der Waals surface area contributed by atoms with Gasteiger partial charge >= 0.3 is 0 Å². The molecule has 0 unspecified atom stereocenters. The first-order valence-electron chi connectivity index (χ1n) is 8.58. The van der Waals surface area contributed by atoms with Crippen LogP contribution >= 0.6 is 0 Å². The number of para-hydroxylation sites is 1. The lowest BCUT2D eigenvalue weighted by molar-refractivity contribution is -0.917. The minimum atomic E-state index is -0.147. The molecular formula is C19H24N3O3+. The van der Waals surface area contributed by atoms with E-state index in [1.807, 2.05) is 44.3 Å². The molecule has 6 nitrogen and oxygen atoms in total.